The van der Waals surface area contributed by atoms with Gasteiger partial charge in [0.2, 0.25) is 5.91 Å². The fourth-order valence-corrected chi connectivity index (χ4v) is 2.83. The van der Waals surface area contributed by atoms with Crippen molar-refractivity contribution in [3.8, 4) is 0 Å². The predicted molar refractivity (Wildman–Crippen MR) is 90.4 cm³/mol. The van der Waals surface area contributed by atoms with Crippen molar-refractivity contribution in [1.29, 1.82) is 0 Å². The van der Waals surface area contributed by atoms with Gasteiger partial charge in [0.15, 0.2) is 0 Å². The summed E-state index contributed by atoms with van der Waals surface area (Å²) in [5.41, 5.74) is 2.58. The van der Waals surface area contributed by atoms with E-state index in [-0.39, 0.29) is 18.1 Å². The van der Waals surface area contributed by atoms with Crippen LogP contribution < -0.4 is 15.5 Å². The SMILES string of the molecule is CC(=O)N1CCc2cc(CNC(=O)Nc3cc(F)ccc3F)ccc21. The number of nitrogens with zero attached hydrogens (tertiary/aromatic N) is 1. The zero-order valence-corrected chi connectivity index (χ0v) is 13.6. The van der Waals surface area contributed by atoms with E-state index in [1.165, 1.54) is 6.92 Å². The quantitative estimate of drug-likeness (QED) is 0.897. The number of hydrogen-bond donors (Lipinski definition) is 2. The summed E-state index contributed by atoms with van der Waals surface area (Å²) in [4.78, 5) is 25.1. The molecule has 0 aromatic heterocycles. The summed E-state index contributed by atoms with van der Waals surface area (Å²) in [5, 5.41) is 4.88. The van der Waals surface area contributed by atoms with Crippen LogP contribution >= 0.6 is 0 Å². The number of halogens is 2. The number of hydrogen-bond acceptors (Lipinski definition) is 2. The highest BCUT2D eigenvalue weighted by Crippen LogP contribution is 2.28. The van der Waals surface area contributed by atoms with Gasteiger partial charge in [-0.3, -0.25) is 4.79 Å². The molecule has 2 aromatic carbocycles. The second-order valence-corrected chi connectivity index (χ2v) is 5.82. The average Bonchev–Trinajstić information content (AvgIpc) is 2.99. The van der Waals surface area contributed by atoms with E-state index in [4.69, 9.17) is 0 Å². The van der Waals surface area contributed by atoms with Crippen LogP contribution in [0.5, 0.6) is 0 Å². The third-order valence-electron chi connectivity index (χ3n) is 4.05. The van der Waals surface area contributed by atoms with Gasteiger partial charge in [-0.15, -0.1) is 0 Å². The molecule has 1 aliphatic rings. The summed E-state index contributed by atoms with van der Waals surface area (Å²) < 4.78 is 26.6. The number of fused-ring (bicyclic) bond motifs is 1. The summed E-state index contributed by atoms with van der Waals surface area (Å²) in [7, 11) is 0. The second-order valence-electron chi connectivity index (χ2n) is 5.82. The lowest BCUT2D eigenvalue weighted by atomic mass is 10.1. The molecular formula is C18H17F2N3O2. The Morgan fingerprint density at radius 2 is 1.96 bits per heavy atom. The molecule has 3 amide bonds. The van der Waals surface area contributed by atoms with Crippen molar-refractivity contribution in [2.45, 2.75) is 19.9 Å². The Balaban J connectivity index is 1.61. The Bertz CT molecular complexity index is 839. The van der Waals surface area contributed by atoms with Gasteiger partial charge >= 0.3 is 6.03 Å². The minimum atomic E-state index is -0.710. The lowest BCUT2D eigenvalue weighted by Crippen LogP contribution is -2.28. The zero-order chi connectivity index (χ0) is 18.0. The summed E-state index contributed by atoms with van der Waals surface area (Å²) in [5.74, 6) is -1.34. The average molecular weight is 345 g/mol. The third kappa shape index (κ3) is 3.76. The second kappa shape index (κ2) is 6.88. The van der Waals surface area contributed by atoms with Crippen LogP contribution in [0.25, 0.3) is 0 Å². The number of benzene rings is 2. The van der Waals surface area contributed by atoms with Gasteiger partial charge in [-0.05, 0) is 35.7 Å². The maximum absolute atomic E-state index is 13.5. The van der Waals surface area contributed by atoms with Crippen LogP contribution in [0.3, 0.4) is 0 Å². The van der Waals surface area contributed by atoms with E-state index < -0.39 is 17.7 Å². The summed E-state index contributed by atoms with van der Waals surface area (Å²) in [6.45, 7) is 2.41. The first-order valence-corrected chi connectivity index (χ1v) is 7.84. The van der Waals surface area contributed by atoms with Crippen LogP contribution in [0.2, 0.25) is 0 Å². The fourth-order valence-electron chi connectivity index (χ4n) is 2.83. The van der Waals surface area contributed by atoms with Gasteiger partial charge in [-0.2, -0.15) is 0 Å². The maximum atomic E-state index is 13.5. The first-order valence-electron chi connectivity index (χ1n) is 7.84. The molecule has 0 aliphatic carbocycles. The van der Waals surface area contributed by atoms with E-state index in [2.05, 4.69) is 10.6 Å². The van der Waals surface area contributed by atoms with Gasteiger partial charge in [0.1, 0.15) is 11.6 Å². The minimum Gasteiger partial charge on any atom is -0.334 e. The van der Waals surface area contributed by atoms with Crippen LogP contribution in [0, 0.1) is 11.6 Å². The summed E-state index contributed by atoms with van der Waals surface area (Å²) in [6, 6.07) is 7.82. The van der Waals surface area contributed by atoms with Crippen molar-refractivity contribution < 1.29 is 18.4 Å². The van der Waals surface area contributed by atoms with E-state index in [0.717, 1.165) is 41.4 Å². The molecule has 0 unspecified atom stereocenters. The normalized spacial score (nSPS) is 12.7. The van der Waals surface area contributed by atoms with E-state index >= 15 is 0 Å². The van der Waals surface area contributed by atoms with Crippen molar-refractivity contribution in [3.63, 3.8) is 0 Å². The highest BCUT2D eigenvalue weighted by Gasteiger charge is 2.22. The molecule has 0 fully saturated rings. The summed E-state index contributed by atoms with van der Waals surface area (Å²) >= 11 is 0. The molecule has 0 atom stereocenters. The Hall–Kier alpha value is -2.96. The maximum Gasteiger partial charge on any atom is 0.319 e. The van der Waals surface area contributed by atoms with Crippen molar-refractivity contribution >= 4 is 23.3 Å². The van der Waals surface area contributed by atoms with Gasteiger partial charge in [0.05, 0.1) is 5.69 Å². The molecule has 1 aliphatic heterocycles. The Morgan fingerprint density at radius 1 is 1.16 bits per heavy atom. The molecule has 3 rings (SSSR count). The fraction of sp³-hybridized carbons (Fsp3) is 0.222. The van der Waals surface area contributed by atoms with E-state index in [1.54, 1.807) is 4.90 Å². The molecular weight excluding hydrogens is 328 g/mol. The highest BCUT2D eigenvalue weighted by atomic mass is 19.1. The van der Waals surface area contributed by atoms with Crippen LogP contribution in [0.15, 0.2) is 36.4 Å². The lowest BCUT2D eigenvalue weighted by Gasteiger charge is -2.15. The first-order chi connectivity index (χ1) is 11.9. The van der Waals surface area contributed by atoms with E-state index in [9.17, 15) is 18.4 Å². The number of rotatable bonds is 3. The van der Waals surface area contributed by atoms with Crippen molar-refractivity contribution in [1.82, 2.24) is 5.32 Å². The minimum absolute atomic E-state index is 0.00104. The highest BCUT2D eigenvalue weighted by molar-refractivity contribution is 5.93. The number of carbonyl (C=O) groups is 2. The molecule has 1 heterocycles. The van der Waals surface area contributed by atoms with Crippen LogP contribution in [0.4, 0.5) is 25.0 Å². The molecule has 0 bridgehead atoms. The van der Waals surface area contributed by atoms with Crippen molar-refractivity contribution in [2.24, 2.45) is 0 Å². The number of nitrogens with one attached hydrogen (secondary N) is 2. The smallest absolute Gasteiger partial charge is 0.319 e. The molecule has 0 saturated carbocycles. The largest absolute Gasteiger partial charge is 0.334 e. The lowest BCUT2D eigenvalue weighted by molar-refractivity contribution is -0.116. The Morgan fingerprint density at radius 3 is 2.72 bits per heavy atom. The third-order valence-corrected chi connectivity index (χ3v) is 4.05. The molecule has 130 valence electrons. The molecule has 25 heavy (non-hydrogen) atoms. The van der Waals surface area contributed by atoms with Crippen molar-refractivity contribution in [3.05, 3.63) is 59.2 Å². The number of amides is 3. The predicted octanol–water partition coefficient (Wildman–Crippen LogP) is 3.20. The van der Waals surface area contributed by atoms with Gasteiger partial charge in [0, 0.05) is 31.8 Å². The van der Waals surface area contributed by atoms with Gasteiger partial charge in [-0.1, -0.05) is 12.1 Å². The molecule has 2 aromatic rings. The van der Waals surface area contributed by atoms with Gasteiger partial charge < -0.3 is 15.5 Å². The van der Waals surface area contributed by atoms with Crippen LogP contribution in [0.1, 0.15) is 18.1 Å². The molecule has 0 radical (unpaired) electrons. The monoisotopic (exact) mass is 345 g/mol. The molecule has 7 heteroatoms. The van der Waals surface area contributed by atoms with Crippen molar-refractivity contribution in [2.75, 3.05) is 16.8 Å². The number of carbonyl (C=O) groups excluding carboxylic acids is 2. The topological polar surface area (TPSA) is 61.4 Å². The molecule has 0 saturated heterocycles. The molecule has 5 nitrogen and oxygen atoms in total. The van der Waals surface area contributed by atoms with Crippen LogP contribution in [-0.2, 0) is 17.8 Å². The number of urea groups is 1. The Labute approximate surface area is 143 Å². The number of anilines is 2. The zero-order valence-electron chi connectivity index (χ0n) is 13.6. The molecule has 2 N–H and O–H groups in total. The standard InChI is InChI=1S/C18H17F2N3O2/c1-11(24)23-7-6-13-8-12(2-5-17(13)23)10-21-18(25)22-16-9-14(19)3-4-15(16)20/h2-5,8-9H,6-7,10H2,1H3,(H2,21,22,25). The van der Waals surface area contributed by atoms with E-state index in [1.807, 2.05) is 18.2 Å². The molecule has 0 spiro atoms. The Kier molecular flexibility index (Phi) is 4.65. The van der Waals surface area contributed by atoms with Gasteiger partial charge in [-0.25, -0.2) is 13.6 Å². The summed E-state index contributed by atoms with van der Waals surface area (Å²) in [6.07, 6.45) is 0.767. The van der Waals surface area contributed by atoms with Crippen LogP contribution in [-0.4, -0.2) is 18.5 Å². The first kappa shape index (κ1) is 16.9. The van der Waals surface area contributed by atoms with E-state index in [0.29, 0.717) is 6.54 Å². The van der Waals surface area contributed by atoms with Gasteiger partial charge in [0.25, 0.3) is 0 Å².